The molecule has 0 spiro atoms. The molecule has 1 N–H and O–H groups in total. The average molecular weight is 347 g/mol. The van der Waals surface area contributed by atoms with Crippen LogP contribution in [-0.4, -0.2) is 16.1 Å². The number of ether oxygens (including phenoxy) is 1. The molecule has 0 saturated heterocycles. The van der Waals surface area contributed by atoms with E-state index in [0.29, 0.717) is 4.47 Å². The molecule has 7 heteroatoms. The van der Waals surface area contributed by atoms with Gasteiger partial charge in [0.2, 0.25) is 0 Å². The maximum absolute atomic E-state index is 13.4. The van der Waals surface area contributed by atoms with Crippen molar-refractivity contribution in [1.82, 2.24) is 4.98 Å². The summed E-state index contributed by atoms with van der Waals surface area (Å²) >= 11 is 8.76. The molecule has 0 amide bonds. The van der Waals surface area contributed by atoms with Crippen molar-refractivity contribution in [3.05, 3.63) is 51.5 Å². The third kappa shape index (κ3) is 3.02. The first-order chi connectivity index (χ1) is 8.99. The molecule has 0 atom stereocenters. The number of pyridine rings is 1. The Labute approximate surface area is 120 Å². The minimum atomic E-state index is -1.16. The Balaban J connectivity index is 2.42. The fourth-order valence-electron chi connectivity index (χ4n) is 1.34. The molecule has 2 rings (SSSR count). The van der Waals surface area contributed by atoms with Crippen molar-refractivity contribution in [3.63, 3.8) is 0 Å². The van der Waals surface area contributed by atoms with Crippen LogP contribution in [0.2, 0.25) is 5.02 Å². The Kier molecular flexibility index (Phi) is 4.01. The summed E-state index contributed by atoms with van der Waals surface area (Å²) in [6.45, 7) is 0. The Bertz CT molecular complexity index is 651. The molecule has 0 aliphatic heterocycles. The fraction of sp³-hybridized carbons (Fsp3) is 0. The summed E-state index contributed by atoms with van der Waals surface area (Å²) in [5.41, 5.74) is -0.0720. The number of benzene rings is 1. The van der Waals surface area contributed by atoms with E-state index in [1.165, 1.54) is 24.5 Å². The molecule has 1 heterocycles. The van der Waals surface area contributed by atoms with E-state index >= 15 is 0 Å². The van der Waals surface area contributed by atoms with Gasteiger partial charge in [-0.1, -0.05) is 11.6 Å². The van der Waals surface area contributed by atoms with Crippen molar-refractivity contribution in [2.24, 2.45) is 0 Å². The maximum atomic E-state index is 13.4. The molecule has 1 aromatic carbocycles. The van der Waals surface area contributed by atoms with Gasteiger partial charge in [0.15, 0.2) is 5.75 Å². The second-order valence-corrected chi connectivity index (χ2v) is 4.74. The second-order valence-electron chi connectivity index (χ2n) is 3.48. The molecule has 4 nitrogen and oxygen atoms in total. The lowest BCUT2D eigenvalue weighted by atomic mass is 10.2. The Morgan fingerprint density at radius 1 is 1.42 bits per heavy atom. The van der Waals surface area contributed by atoms with Gasteiger partial charge >= 0.3 is 5.97 Å². The van der Waals surface area contributed by atoms with E-state index in [9.17, 15) is 9.18 Å². The van der Waals surface area contributed by atoms with Gasteiger partial charge in [0.25, 0.3) is 0 Å². The zero-order chi connectivity index (χ0) is 14.0. The number of nitrogens with zero attached hydrogens (tertiary/aromatic N) is 1. The van der Waals surface area contributed by atoms with Crippen LogP contribution in [0.4, 0.5) is 4.39 Å². The van der Waals surface area contributed by atoms with E-state index in [1.54, 1.807) is 0 Å². The van der Waals surface area contributed by atoms with Gasteiger partial charge in [0.05, 0.1) is 15.7 Å². The Morgan fingerprint density at radius 3 is 2.84 bits per heavy atom. The predicted octanol–water partition coefficient (Wildman–Crippen LogP) is 4.13. The summed E-state index contributed by atoms with van der Waals surface area (Å²) in [6.07, 6.45) is 2.57. The van der Waals surface area contributed by atoms with Gasteiger partial charge in [-0.3, -0.25) is 4.98 Å². The summed E-state index contributed by atoms with van der Waals surface area (Å²) in [5.74, 6) is -1.71. The van der Waals surface area contributed by atoms with Crippen molar-refractivity contribution in [1.29, 1.82) is 0 Å². The van der Waals surface area contributed by atoms with Crippen molar-refractivity contribution in [2.45, 2.75) is 0 Å². The lowest BCUT2D eigenvalue weighted by Crippen LogP contribution is -2.00. The monoisotopic (exact) mass is 345 g/mol. The summed E-state index contributed by atoms with van der Waals surface area (Å²) in [7, 11) is 0. The highest BCUT2D eigenvalue weighted by Gasteiger charge is 2.14. The number of aromatic nitrogens is 1. The molecule has 2 aromatic rings. The van der Waals surface area contributed by atoms with Crippen LogP contribution in [0.1, 0.15) is 10.4 Å². The van der Waals surface area contributed by atoms with Crippen LogP contribution >= 0.6 is 27.5 Å². The highest BCUT2D eigenvalue weighted by atomic mass is 79.9. The average Bonchev–Trinajstić information content (AvgIpc) is 2.36. The first-order valence-electron chi connectivity index (χ1n) is 4.98. The quantitative estimate of drug-likeness (QED) is 0.849. The van der Waals surface area contributed by atoms with Gasteiger partial charge in [0.1, 0.15) is 17.1 Å². The zero-order valence-corrected chi connectivity index (χ0v) is 11.6. The van der Waals surface area contributed by atoms with Gasteiger partial charge in [-0.25, -0.2) is 9.18 Å². The molecule has 98 valence electrons. The van der Waals surface area contributed by atoms with E-state index in [4.69, 9.17) is 21.4 Å². The Hall–Kier alpha value is -1.66. The fourth-order valence-corrected chi connectivity index (χ4v) is 2.06. The van der Waals surface area contributed by atoms with E-state index < -0.39 is 11.8 Å². The van der Waals surface area contributed by atoms with Crippen LogP contribution in [0.5, 0.6) is 11.5 Å². The minimum Gasteiger partial charge on any atom is -0.478 e. The molecule has 0 aliphatic rings. The molecular formula is C12H6BrClFNO3. The summed E-state index contributed by atoms with van der Waals surface area (Å²) in [5, 5.41) is 8.93. The van der Waals surface area contributed by atoms with Crippen molar-refractivity contribution in [2.75, 3.05) is 0 Å². The molecule has 0 unspecified atom stereocenters. The third-order valence-electron chi connectivity index (χ3n) is 2.21. The number of carboxylic acids is 1. The molecule has 0 bridgehead atoms. The van der Waals surface area contributed by atoms with Gasteiger partial charge < -0.3 is 9.84 Å². The Morgan fingerprint density at radius 2 is 2.16 bits per heavy atom. The van der Waals surface area contributed by atoms with E-state index in [2.05, 4.69) is 20.9 Å². The topological polar surface area (TPSA) is 59.4 Å². The van der Waals surface area contributed by atoms with Crippen LogP contribution in [0.25, 0.3) is 0 Å². The minimum absolute atomic E-state index is 0.0115. The van der Waals surface area contributed by atoms with Crippen LogP contribution in [0.15, 0.2) is 35.1 Å². The molecular weight excluding hydrogens is 340 g/mol. The first-order valence-corrected chi connectivity index (χ1v) is 6.16. The van der Waals surface area contributed by atoms with Crippen LogP contribution < -0.4 is 4.74 Å². The van der Waals surface area contributed by atoms with E-state index in [-0.39, 0.29) is 22.1 Å². The number of halogens is 3. The summed E-state index contributed by atoms with van der Waals surface area (Å²) in [6, 6.07) is 3.67. The lowest BCUT2D eigenvalue weighted by Gasteiger charge is -2.10. The van der Waals surface area contributed by atoms with Gasteiger partial charge in [-0.05, 0) is 28.1 Å². The SMILES string of the molecule is O=C(O)c1ccncc1Oc1cc(F)c(Cl)cc1Br. The second kappa shape index (κ2) is 5.54. The van der Waals surface area contributed by atoms with E-state index in [0.717, 1.165) is 6.07 Å². The predicted molar refractivity (Wildman–Crippen MR) is 70.4 cm³/mol. The smallest absolute Gasteiger partial charge is 0.339 e. The van der Waals surface area contributed by atoms with Crippen molar-refractivity contribution in [3.8, 4) is 11.5 Å². The molecule has 19 heavy (non-hydrogen) atoms. The van der Waals surface area contributed by atoms with Crippen LogP contribution in [-0.2, 0) is 0 Å². The van der Waals surface area contributed by atoms with Gasteiger partial charge in [0, 0.05) is 12.3 Å². The number of hydrogen-bond donors (Lipinski definition) is 1. The van der Waals surface area contributed by atoms with Crippen molar-refractivity contribution >= 4 is 33.5 Å². The molecule has 0 radical (unpaired) electrons. The molecule has 0 aliphatic carbocycles. The van der Waals surface area contributed by atoms with Crippen LogP contribution in [0.3, 0.4) is 0 Å². The number of carboxylic acid groups (broad SMARTS) is 1. The summed E-state index contributed by atoms with van der Waals surface area (Å²) < 4.78 is 19.1. The normalized spacial score (nSPS) is 10.3. The third-order valence-corrected chi connectivity index (χ3v) is 3.12. The number of aromatic carboxylic acids is 1. The van der Waals surface area contributed by atoms with E-state index in [1.807, 2.05) is 0 Å². The molecule has 0 fully saturated rings. The van der Waals surface area contributed by atoms with Crippen LogP contribution in [0, 0.1) is 5.82 Å². The van der Waals surface area contributed by atoms with Gasteiger partial charge in [-0.2, -0.15) is 0 Å². The highest BCUT2D eigenvalue weighted by Crippen LogP contribution is 2.34. The number of carbonyl (C=O) groups is 1. The lowest BCUT2D eigenvalue weighted by molar-refractivity contribution is 0.0694. The molecule has 1 aromatic heterocycles. The number of hydrogen-bond acceptors (Lipinski definition) is 3. The zero-order valence-electron chi connectivity index (χ0n) is 9.23. The largest absolute Gasteiger partial charge is 0.478 e. The maximum Gasteiger partial charge on any atom is 0.339 e. The molecule has 0 saturated carbocycles. The van der Waals surface area contributed by atoms with Gasteiger partial charge in [-0.15, -0.1) is 0 Å². The highest BCUT2D eigenvalue weighted by molar-refractivity contribution is 9.10. The number of rotatable bonds is 3. The summed E-state index contributed by atoms with van der Waals surface area (Å²) in [4.78, 5) is 14.8. The standard InChI is InChI=1S/C12H6BrClFNO3/c13-7-3-8(14)9(15)4-10(7)19-11-5-16-2-1-6(11)12(17)18/h1-5H,(H,17,18). The first kappa shape index (κ1) is 13.8. The van der Waals surface area contributed by atoms with Crippen molar-refractivity contribution < 1.29 is 19.0 Å².